The van der Waals surface area contributed by atoms with Gasteiger partial charge in [-0.25, -0.2) is 0 Å². The minimum Gasteiger partial charge on any atom is -0.309 e. The van der Waals surface area contributed by atoms with Crippen molar-refractivity contribution in [3.63, 3.8) is 0 Å². The molecule has 14 rings (SSSR count). The highest BCUT2D eigenvalue weighted by atomic mass is 15.2. The Morgan fingerprint density at radius 3 is 1.67 bits per heavy atom. The van der Waals surface area contributed by atoms with Crippen molar-refractivity contribution in [3.05, 3.63) is 264 Å². The summed E-state index contributed by atoms with van der Waals surface area (Å²) in [4.78, 5) is 2.57. The van der Waals surface area contributed by atoms with Crippen LogP contribution >= 0.6 is 0 Å². The number of benzene rings is 10. The molecule has 310 valence electrons. The summed E-state index contributed by atoms with van der Waals surface area (Å²) in [5.41, 5.74) is 24.4. The van der Waals surface area contributed by atoms with E-state index in [2.05, 4.69) is 254 Å². The fourth-order valence-electron chi connectivity index (χ4n) is 12.6. The Bertz CT molecular complexity index is 3810. The van der Waals surface area contributed by atoms with Gasteiger partial charge >= 0.3 is 0 Å². The van der Waals surface area contributed by atoms with Gasteiger partial charge in [0.1, 0.15) is 0 Å². The van der Waals surface area contributed by atoms with E-state index in [4.69, 9.17) is 0 Å². The van der Waals surface area contributed by atoms with E-state index >= 15 is 0 Å². The van der Waals surface area contributed by atoms with Gasteiger partial charge in [0.25, 0.3) is 0 Å². The van der Waals surface area contributed by atoms with E-state index < -0.39 is 5.41 Å². The van der Waals surface area contributed by atoms with E-state index in [1.165, 1.54) is 111 Å². The summed E-state index contributed by atoms with van der Waals surface area (Å²) in [6.07, 6.45) is 0. The van der Waals surface area contributed by atoms with Crippen LogP contribution < -0.4 is 4.90 Å². The standard InChI is InChI=1S/C64H44N2/c1-63(2)51-29-11-6-25-46(51)49-27-19-37-60(61(49)63)65(56-33-14-8-22-43(56)41-20-4-3-5-21-41)57-34-15-9-23-44(57)42-38-39-47-45-24-7-12-30-52(45)64(55(47)40-42)53-31-13-17-36-59(53)66-58-35-16-10-26-48(58)50-28-18-32-54(64)62(50)66/h3-40H,1-2H3. The van der Waals surface area contributed by atoms with E-state index in [-0.39, 0.29) is 5.41 Å². The molecule has 11 aromatic rings. The van der Waals surface area contributed by atoms with E-state index in [9.17, 15) is 0 Å². The van der Waals surface area contributed by atoms with Crippen molar-refractivity contribution >= 4 is 38.9 Å². The lowest BCUT2D eigenvalue weighted by molar-refractivity contribution is 0.661. The molecule has 2 heteroatoms. The normalized spacial score (nSPS) is 15.6. The number of hydrogen-bond acceptors (Lipinski definition) is 1. The van der Waals surface area contributed by atoms with Gasteiger partial charge in [0.05, 0.1) is 39.2 Å². The second-order valence-corrected chi connectivity index (χ2v) is 18.7. The number of aromatic nitrogens is 1. The molecule has 66 heavy (non-hydrogen) atoms. The van der Waals surface area contributed by atoms with Gasteiger partial charge in [0.15, 0.2) is 0 Å². The van der Waals surface area contributed by atoms with Gasteiger partial charge in [-0.1, -0.05) is 208 Å². The Morgan fingerprint density at radius 1 is 0.348 bits per heavy atom. The molecule has 1 unspecified atom stereocenters. The summed E-state index contributed by atoms with van der Waals surface area (Å²) < 4.78 is 2.53. The van der Waals surface area contributed by atoms with Gasteiger partial charge in [-0.05, 0) is 103 Å². The maximum absolute atomic E-state index is 2.57. The first-order chi connectivity index (χ1) is 32.5. The van der Waals surface area contributed by atoms with Crippen LogP contribution in [-0.2, 0) is 10.8 Å². The summed E-state index contributed by atoms with van der Waals surface area (Å²) in [6, 6.07) is 86.3. The SMILES string of the molecule is CC1(C)c2ccccc2-c2cccc(N(c3ccccc3-c3ccccc3)c3ccccc3-c3ccc4c(c3)C3(c5ccccc5-4)c4ccccc4-n4c5ccccc5c5cccc3c54)c21. The highest BCUT2D eigenvalue weighted by Gasteiger charge is 2.51. The third kappa shape index (κ3) is 4.80. The van der Waals surface area contributed by atoms with Crippen LogP contribution in [-0.4, -0.2) is 4.57 Å². The van der Waals surface area contributed by atoms with E-state index in [1.807, 2.05) is 0 Å². The van der Waals surface area contributed by atoms with Crippen LogP contribution in [0.2, 0.25) is 0 Å². The van der Waals surface area contributed by atoms with Crippen LogP contribution in [0.5, 0.6) is 0 Å². The van der Waals surface area contributed by atoms with Crippen LogP contribution in [0.1, 0.15) is 47.2 Å². The molecule has 0 saturated heterocycles. The molecule has 1 aliphatic heterocycles. The van der Waals surface area contributed by atoms with Crippen molar-refractivity contribution in [2.75, 3.05) is 4.90 Å². The number of hydrogen-bond donors (Lipinski definition) is 0. The molecule has 0 N–H and O–H groups in total. The maximum atomic E-state index is 2.57. The lowest BCUT2D eigenvalue weighted by atomic mass is 9.65. The molecule has 0 saturated carbocycles. The second kappa shape index (κ2) is 13.7. The largest absolute Gasteiger partial charge is 0.309 e. The van der Waals surface area contributed by atoms with E-state index in [1.54, 1.807) is 0 Å². The molecule has 2 nitrogen and oxygen atoms in total. The molecule has 10 aromatic carbocycles. The van der Waals surface area contributed by atoms with Crippen LogP contribution in [0.4, 0.5) is 17.1 Å². The third-order valence-corrected chi connectivity index (χ3v) is 15.2. The van der Waals surface area contributed by atoms with Crippen molar-refractivity contribution in [2.24, 2.45) is 0 Å². The molecule has 1 aromatic heterocycles. The fourth-order valence-corrected chi connectivity index (χ4v) is 12.6. The first-order valence-corrected chi connectivity index (χ1v) is 23.2. The lowest BCUT2D eigenvalue weighted by Gasteiger charge is -2.39. The summed E-state index contributed by atoms with van der Waals surface area (Å²) in [7, 11) is 0. The summed E-state index contributed by atoms with van der Waals surface area (Å²) in [6.45, 7) is 4.79. The average Bonchev–Trinajstić information content (AvgIpc) is 3.96. The summed E-state index contributed by atoms with van der Waals surface area (Å²) >= 11 is 0. The van der Waals surface area contributed by atoms with Crippen LogP contribution in [0, 0.1) is 0 Å². The predicted molar refractivity (Wildman–Crippen MR) is 275 cm³/mol. The highest BCUT2D eigenvalue weighted by molar-refractivity contribution is 6.13. The molecule has 3 aliphatic rings. The number of anilines is 3. The zero-order chi connectivity index (χ0) is 43.7. The van der Waals surface area contributed by atoms with Crippen molar-refractivity contribution < 1.29 is 0 Å². The van der Waals surface area contributed by atoms with Gasteiger partial charge < -0.3 is 9.47 Å². The lowest BCUT2D eigenvalue weighted by Crippen LogP contribution is -2.33. The molecule has 0 amide bonds. The first-order valence-electron chi connectivity index (χ1n) is 23.2. The van der Waals surface area contributed by atoms with Gasteiger partial charge in [-0.15, -0.1) is 0 Å². The monoisotopic (exact) mass is 840 g/mol. The molecule has 0 fully saturated rings. The zero-order valence-corrected chi connectivity index (χ0v) is 36.8. The number of nitrogens with zero attached hydrogens (tertiary/aromatic N) is 2. The van der Waals surface area contributed by atoms with Gasteiger partial charge in [-0.2, -0.15) is 0 Å². The number of para-hydroxylation sites is 5. The molecule has 0 bridgehead atoms. The summed E-state index contributed by atoms with van der Waals surface area (Å²) in [5, 5.41) is 2.57. The smallest absolute Gasteiger partial charge is 0.0754 e. The number of rotatable bonds is 5. The molecule has 2 heterocycles. The minimum absolute atomic E-state index is 0.235. The molecular formula is C64H44N2. The van der Waals surface area contributed by atoms with Gasteiger partial charge in [0, 0.05) is 27.3 Å². The van der Waals surface area contributed by atoms with Crippen molar-refractivity contribution in [1.82, 2.24) is 4.57 Å². The summed E-state index contributed by atoms with van der Waals surface area (Å²) in [5.74, 6) is 0. The Hall–Kier alpha value is -8.20. The zero-order valence-electron chi connectivity index (χ0n) is 36.8. The second-order valence-electron chi connectivity index (χ2n) is 18.7. The van der Waals surface area contributed by atoms with Crippen LogP contribution in [0.15, 0.2) is 231 Å². The Balaban J connectivity index is 1.06. The third-order valence-electron chi connectivity index (χ3n) is 15.2. The Morgan fingerprint density at radius 2 is 0.879 bits per heavy atom. The Labute approximate surface area is 385 Å². The quantitative estimate of drug-likeness (QED) is 0.168. The maximum Gasteiger partial charge on any atom is 0.0754 e. The van der Waals surface area contributed by atoms with Crippen molar-refractivity contribution in [1.29, 1.82) is 0 Å². The molecule has 1 spiro atoms. The van der Waals surface area contributed by atoms with Crippen LogP contribution in [0.25, 0.3) is 72.0 Å². The van der Waals surface area contributed by atoms with Gasteiger partial charge in [0.2, 0.25) is 0 Å². The molecule has 1 atom stereocenters. The first kappa shape index (κ1) is 37.2. The average molecular weight is 841 g/mol. The van der Waals surface area contributed by atoms with Crippen molar-refractivity contribution in [3.8, 4) is 50.2 Å². The number of fused-ring (bicyclic) bond motifs is 15. The molecule has 2 aliphatic carbocycles. The Kier molecular flexibility index (Phi) is 7.70. The van der Waals surface area contributed by atoms with Crippen LogP contribution in [0.3, 0.4) is 0 Å². The predicted octanol–water partition coefficient (Wildman–Crippen LogP) is 16.6. The van der Waals surface area contributed by atoms with Crippen molar-refractivity contribution in [2.45, 2.75) is 24.7 Å². The minimum atomic E-state index is -0.549. The van der Waals surface area contributed by atoms with E-state index in [0.717, 1.165) is 11.4 Å². The highest BCUT2D eigenvalue weighted by Crippen LogP contribution is 2.62. The molecule has 0 radical (unpaired) electrons. The van der Waals surface area contributed by atoms with Gasteiger partial charge in [-0.3, -0.25) is 0 Å². The topological polar surface area (TPSA) is 8.17 Å². The van der Waals surface area contributed by atoms with E-state index in [0.29, 0.717) is 0 Å². The molecular weight excluding hydrogens is 797 g/mol. The fraction of sp³-hybridized carbons (Fsp3) is 0.0625.